The molecule has 0 saturated heterocycles. The predicted octanol–water partition coefficient (Wildman–Crippen LogP) is 5.03. The average molecular weight is 376 g/mol. The topological polar surface area (TPSA) is 111 Å². The fourth-order valence-corrected chi connectivity index (χ4v) is 3.36. The maximum Gasteiger partial charge on any atom is 0.319 e. The molecule has 0 bridgehead atoms. The molecule has 28 heavy (non-hydrogen) atoms. The van der Waals surface area contributed by atoms with Crippen molar-refractivity contribution in [3.05, 3.63) is 83.9 Å². The zero-order valence-electron chi connectivity index (χ0n) is 15.5. The predicted molar refractivity (Wildman–Crippen MR) is 112 cm³/mol. The zero-order valence-corrected chi connectivity index (χ0v) is 15.5. The summed E-state index contributed by atoms with van der Waals surface area (Å²) < 4.78 is 5.81. The summed E-state index contributed by atoms with van der Waals surface area (Å²) in [5, 5.41) is 5.87. The number of carbonyl (C=O) groups is 1. The van der Waals surface area contributed by atoms with Gasteiger partial charge in [-0.1, -0.05) is 42.5 Å². The molecule has 0 spiro atoms. The van der Waals surface area contributed by atoms with E-state index in [9.17, 15) is 4.79 Å². The van der Waals surface area contributed by atoms with Gasteiger partial charge in [0.05, 0.1) is 17.4 Å². The highest BCUT2D eigenvalue weighted by molar-refractivity contribution is 5.93. The van der Waals surface area contributed by atoms with Crippen LogP contribution in [0.5, 0.6) is 11.5 Å². The second-order valence-electron chi connectivity index (χ2n) is 6.55. The third-order valence-corrected chi connectivity index (χ3v) is 4.69. The van der Waals surface area contributed by atoms with Crippen molar-refractivity contribution in [1.29, 1.82) is 0 Å². The van der Waals surface area contributed by atoms with E-state index >= 15 is 0 Å². The molecule has 0 radical (unpaired) electrons. The van der Waals surface area contributed by atoms with Crippen molar-refractivity contribution in [3.63, 3.8) is 0 Å². The Morgan fingerprint density at radius 3 is 2.54 bits per heavy atom. The number of nitrogen functional groups attached to an aromatic ring is 1. The van der Waals surface area contributed by atoms with Crippen LogP contribution in [0.2, 0.25) is 0 Å². The Balaban J connectivity index is 0.00000225. The molecule has 6 nitrogen and oxygen atoms in total. The van der Waals surface area contributed by atoms with Gasteiger partial charge < -0.3 is 27.3 Å². The van der Waals surface area contributed by atoms with Crippen LogP contribution in [0.15, 0.2) is 72.8 Å². The fraction of sp³-hybridized carbons (Fsp3) is 0.136. The van der Waals surface area contributed by atoms with E-state index in [4.69, 9.17) is 10.5 Å². The molecule has 4 rings (SSSR count). The Morgan fingerprint density at radius 2 is 1.71 bits per heavy atom. The molecule has 1 aliphatic carbocycles. The molecule has 0 fully saturated rings. The number of nitrogens with two attached hydrogens (primary N) is 1. The lowest BCUT2D eigenvalue weighted by molar-refractivity contribution is 0.248. The van der Waals surface area contributed by atoms with Crippen molar-refractivity contribution in [2.45, 2.75) is 18.9 Å². The molecule has 1 aliphatic rings. The second kappa shape index (κ2) is 8.45. The molecule has 0 heterocycles. The molecular weight excluding hydrogens is 352 g/mol. The number of fused-ring (bicyclic) bond motifs is 1. The second-order valence-corrected chi connectivity index (χ2v) is 6.55. The van der Waals surface area contributed by atoms with Gasteiger partial charge in [0, 0.05) is 6.07 Å². The minimum atomic E-state index is -0.278. The number of benzene rings is 3. The summed E-state index contributed by atoms with van der Waals surface area (Å²) in [6, 6.07) is 22.6. The van der Waals surface area contributed by atoms with E-state index in [1.165, 1.54) is 11.1 Å². The molecule has 7 N–H and O–H groups in total. The number of urea groups is 1. The summed E-state index contributed by atoms with van der Waals surface area (Å²) in [5.41, 5.74) is 9.50. The van der Waals surface area contributed by atoms with Crippen molar-refractivity contribution < 1.29 is 9.53 Å². The summed E-state index contributed by atoms with van der Waals surface area (Å²) in [6.07, 6.45) is 1.88. The highest BCUT2D eigenvalue weighted by atomic mass is 16.5. The SMILES string of the molecule is N.Nc1ccc(Oc2ccccc2)cc1NC(=O)NC1CCc2ccccc21. The van der Waals surface area contributed by atoms with Gasteiger partial charge in [-0.25, -0.2) is 4.79 Å². The minimum absolute atomic E-state index is 0. The van der Waals surface area contributed by atoms with Gasteiger partial charge in [-0.15, -0.1) is 0 Å². The standard InChI is InChI=1S/C22H21N3O2.H3N/c23-19-12-11-17(27-16-7-2-1-3-8-16)14-21(19)25-22(26)24-20-13-10-15-6-4-5-9-18(15)20;/h1-9,11-12,14,20H,10,13,23H2,(H2,24,25,26);1H3. The molecule has 0 aromatic heterocycles. The molecule has 0 aliphatic heterocycles. The summed E-state index contributed by atoms with van der Waals surface area (Å²) in [7, 11) is 0. The Bertz CT molecular complexity index is 960. The first-order valence-corrected chi connectivity index (χ1v) is 8.97. The summed E-state index contributed by atoms with van der Waals surface area (Å²) in [4.78, 5) is 12.5. The Labute approximate surface area is 164 Å². The third kappa shape index (κ3) is 4.24. The molecule has 0 saturated carbocycles. The normalized spacial score (nSPS) is 14.5. The van der Waals surface area contributed by atoms with Crippen LogP contribution in [0.3, 0.4) is 0 Å². The molecule has 6 heteroatoms. The van der Waals surface area contributed by atoms with Gasteiger partial charge in [0.1, 0.15) is 11.5 Å². The van der Waals surface area contributed by atoms with E-state index in [0.717, 1.165) is 18.6 Å². The van der Waals surface area contributed by atoms with Gasteiger partial charge in [0.2, 0.25) is 0 Å². The lowest BCUT2D eigenvalue weighted by Crippen LogP contribution is -2.31. The van der Waals surface area contributed by atoms with Crippen molar-refractivity contribution >= 4 is 17.4 Å². The van der Waals surface area contributed by atoms with E-state index in [2.05, 4.69) is 22.8 Å². The number of anilines is 2. The fourth-order valence-electron chi connectivity index (χ4n) is 3.36. The number of ether oxygens (including phenoxy) is 1. The molecule has 144 valence electrons. The van der Waals surface area contributed by atoms with Crippen molar-refractivity contribution in [1.82, 2.24) is 11.5 Å². The number of hydrogen-bond acceptors (Lipinski definition) is 4. The molecule has 1 unspecified atom stereocenters. The lowest BCUT2D eigenvalue weighted by atomic mass is 10.1. The number of rotatable bonds is 4. The molecule has 1 atom stereocenters. The van der Waals surface area contributed by atoms with Crippen LogP contribution < -0.4 is 27.3 Å². The van der Waals surface area contributed by atoms with Crippen LogP contribution >= 0.6 is 0 Å². The molecule has 3 aromatic carbocycles. The maximum absolute atomic E-state index is 12.5. The van der Waals surface area contributed by atoms with E-state index in [0.29, 0.717) is 17.1 Å². The van der Waals surface area contributed by atoms with Gasteiger partial charge in [-0.3, -0.25) is 0 Å². The van der Waals surface area contributed by atoms with E-state index in [1.54, 1.807) is 18.2 Å². The lowest BCUT2D eigenvalue weighted by Gasteiger charge is -2.16. The van der Waals surface area contributed by atoms with Gasteiger partial charge in [-0.2, -0.15) is 0 Å². The number of nitrogens with one attached hydrogen (secondary N) is 2. The zero-order chi connectivity index (χ0) is 18.6. The minimum Gasteiger partial charge on any atom is -0.457 e. The summed E-state index contributed by atoms with van der Waals surface area (Å²) in [6.45, 7) is 0. The van der Waals surface area contributed by atoms with Gasteiger partial charge >= 0.3 is 6.03 Å². The van der Waals surface area contributed by atoms with E-state index in [-0.39, 0.29) is 18.2 Å². The number of hydrogen-bond donors (Lipinski definition) is 4. The largest absolute Gasteiger partial charge is 0.457 e. The first-order chi connectivity index (χ1) is 13.2. The van der Waals surface area contributed by atoms with Crippen molar-refractivity contribution in [3.8, 4) is 11.5 Å². The summed E-state index contributed by atoms with van der Waals surface area (Å²) >= 11 is 0. The number of para-hydroxylation sites is 1. The highest BCUT2D eigenvalue weighted by Gasteiger charge is 2.23. The van der Waals surface area contributed by atoms with Gasteiger partial charge in [0.15, 0.2) is 0 Å². The monoisotopic (exact) mass is 376 g/mol. The maximum atomic E-state index is 12.5. The van der Waals surface area contributed by atoms with Crippen molar-refractivity contribution in [2.24, 2.45) is 0 Å². The molecule has 3 aromatic rings. The van der Waals surface area contributed by atoms with Gasteiger partial charge in [0.25, 0.3) is 0 Å². The van der Waals surface area contributed by atoms with Crippen LogP contribution in [0.1, 0.15) is 23.6 Å². The first kappa shape index (κ1) is 19.3. The summed E-state index contributed by atoms with van der Waals surface area (Å²) in [5.74, 6) is 1.33. The number of amides is 2. The Hall–Kier alpha value is -3.51. The smallest absolute Gasteiger partial charge is 0.319 e. The van der Waals surface area contributed by atoms with Crippen LogP contribution in [-0.4, -0.2) is 6.03 Å². The molecular formula is C22H24N4O2. The first-order valence-electron chi connectivity index (χ1n) is 8.97. The van der Waals surface area contributed by atoms with Gasteiger partial charge in [-0.05, 0) is 48.2 Å². The highest BCUT2D eigenvalue weighted by Crippen LogP contribution is 2.31. The van der Waals surface area contributed by atoms with E-state index < -0.39 is 0 Å². The van der Waals surface area contributed by atoms with E-state index in [1.807, 2.05) is 42.5 Å². The van der Waals surface area contributed by atoms with Crippen LogP contribution in [-0.2, 0) is 6.42 Å². The van der Waals surface area contributed by atoms with Crippen molar-refractivity contribution in [2.75, 3.05) is 11.1 Å². The Morgan fingerprint density at radius 1 is 0.964 bits per heavy atom. The number of aryl methyl sites for hydroxylation is 1. The van der Waals surface area contributed by atoms with Crippen LogP contribution in [0, 0.1) is 0 Å². The number of carbonyl (C=O) groups excluding carboxylic acids is 1. The quantitative estimate of drug-likeness (QED) is 0.478. The Kier molecular flexibility index (Phi) is 5.81. The third-order valence-electron chi connectivity index (χ3n) is 4.69. The average Bonchev–Trinajstić information content (AvgIpc) is 3.08. The van der Waals surface area contributed by atoms with Crippen LogP contribution in [0.4, 0.5) is 16.2 Å². The van der Waals surface area contributed by atoms with Crippen LogP contribution in [0.25, 0.3) is 0 Å². The molecule has 2 amide bonds.